The largest absolute Gasteiger partial charge is 0.493 e. The highest BCUT2D eigenvalue weighted by Crippen LogP contribution is 2.25. The molecule has 0 saturated carbocycles. The van der Waals surface area contributed by atoms with Gasteiger partial charge in [-0.15, -0.1) is 0 Å². The molecule has 0 saturated heterocycles. The van der Waals surface area contributed by atoms with Gasteiger partial charge in [0, 0.05) is 29.1 Å². The van der Waals surface area contributed by atoms with E-state index in [1.165, 1.54) is 0 Å². The maximum absolute atomic E-state index is 11.2. The number of aliphatic carboxylic acids is 1. The zero-order valence-electron chi connectivity index (χ0n) is 18.2. The molecular weight excluding hydrogens is 408 g/mol. The van der Waals surface area contributed by atoms with Crippen molar-refractivity contribution in [2.45, 2.75) is 32.7 Å². The third kappa shape index (κ3) is 4.77. The highest BCUT2D eigenvalue weighted by Gasteiger charge is 2.15. The van der Waals surface area contributed by atoms with Gasteiger partial charge in [0.15, 0.2) is 0 Å². The number of carboxylic acid groups (broad SMARTS) is 1. The van der Waals surface area contributed by atoms with Crippen molar-refractivity contribution in [3.05, 3.63) is 66.7 Å². The molecule has 0 radical (unpaired) electrons. The van der Waals surface area contributed by atoms with E-state index in [2.05, 4.69) is 4.98 Å². The molecule has 0 aliphatic carbocycles. The average molecular weight is 434 g/mol. The Morgan fingerprint density at radius 3 is 2.50 bits per heavy atom. The third-order valence-corrected chi connectivity index (χ3v) is 5.31. The van der Waals surface area contributed by atoms with Crippen molar-refractivity contribution >= 4 is 16.9 Å². The minimum Gasteiger partial charge on any atom is -0.493 e. The molecule has 4 rings (SSSR count). The summed E-state index contributed by atoms with van der Waals surface area (Å²) in [5, 5.41) is 10.2. The summed E-state index contributed by atoms with van der Waals surface area (Å²) in [7, 11) is 0. The van der Waals surface area contributed by atoms with Crippen molar-refractivity contribution in [2.24, 2.45) is 0 Å². The third-order valence-electron chi connectivity index (χ3n) is 5.31. The quantitative estimate of drug-likeness (QED) is 0.339. The van der Waals surface area contributed by atoms with E-state index in [9.17, 15) is 9.90 Å². The molecule has 7 heteroatoms. The van der Waals surface area contributed by atoms with Crippen LogP contribution in [0, 0.1) is 0 Å². The molecule has 2 aromatic carbocycles. The number of ether oxygens (including phenoxy) is 2. The zero-order valence-corrected chi connectivity index (χ0v) is 18.2. The summed E-state index contributed by atoms with van der Waals surface area (Å²) < 4.78 is 18.9. The van der Waals surface area contributed by atoms with Gasteiger partial charge >= 0.3 is 5.97 Å². The number of rotatable bonds is 10. The Hall–Kier alpha value is -3.74. The van der Waals surface area contributed by atoms with Gasteiger partial charge in [-0.1, -0.05) is 6.92 Å². The molecule has 7 nitrogen and oxygen atoms in total. The Morgan fingerprint density at radius 2 is 1.81 bits per heavy atom. The van der Waals surface area contributed by atoms with Crippen LogP contribution in [0.2, 0.25) is 0 Å². The van der Waals surface area contributed by atoms with Crippen LogP contribution in [0.4, 0.5) is 0 Å². The van der Waals surface area contributed by atoms with E-state index < -0.39 is 12.0 Å². The molecule has 0 amide bonds. The number of nitrogens with zero attached hydrogens (tertiary/aromatic N) is 2. The van der Waals surface area contributed by atoms with Gasteiger partial charge in [0.05, 0.1) is 18.9 Å². The van der Waals surface area contributed by atoms with Crippen LogP contribution >= 0.6 is 0 Å². The lowest BCUT2D eigenvalue weighted by Gasteiger charge is -2.11. The summed E-state index contributed by atoms with van der Waals surface area (Å²) in [4.78, 5) is 15.7. The molecule has 2 aromatic heterocycles. The van der Waals surface area contributed by atoms with Gasteiger partial charge in [-0.05, 0) is 61.9 Å². The molecular formula is C25H26N2O5. The first-order chi connectivity index (χ1) is 15.5. The number of fused-ring (bicyclic) bond motifs is 1. The SMILES string of the molecule is CCc1coc(-c2ccc(OCCCOc3ccc4c(ccn4C(C)C(=O)O)c3)cc2)n1. The lowest BCUT2D eigenvalue weighted by atomic mass is 10.2. The van der Waals surface area contributed by atoms with Crippen LogP contribution in [0.5, 0.6) is 11.5 Å². The van der Waals surface area contributed by atoms with E-state index in [0.29, 0.717) is 19.1 Å². The number of hydrogen-bond acceptors (Lipinski definition) is 5. The number of aryl methyl sites for hydroxylation is 1. The monoisotopic (exact) mass is 434 g/mol. The number of benzene rings is 2. The first-order valence-electron chi connectivity index (χ1n) is 10.7. The van der Waals surface area contributed by atoms with Crippen LogP contribution in [0.3, 0.4) is 0 Å². The van der Waals surface area contributed by atoms with E-state index >= 15 is 0 Å². The van der Waals surface area contributed by atoms with Crippen molar-refractivity contribution in [2.75, 3.05) is 13.2 Å². The first-order valence-corrected chi connectivity index (χ1v) is 10.7. The highest BCUT2D eigenvalue weighted by atomic mass is 16.5. The molecule has 1 N–H and O–H groups in total. The number of aromatic nitrogens is 2. The first kappa shape index (κ1) is 21.5. The molecule has 32 heavy (non-hydrogen) atoms. The maximum Gasteiger partial charge on any atom is 0.326 e. The molecule has 1 atom stereocenters. The summed E-state index contributed by atoms with van der Waals surface area (Å²) in [6.07, 6.45) is 5.05. The second kappa shape index (κ2) is 9.60. The maximum atomic E-state index is 11.2. The Labute approximate surface area is 186 Å². The van der Waals surface area contributed by atoms with Gasteiger partial charge in [0.2, 0.25) is 5.89 Å². The molecule has 0 bridgehead atoms. The van der Waals surface area contributed by atoms with Gasteiger partial charge in [0.1, 0.15) is 23.8 Å². The molecule has 0 spiro atoms. The van der Waals surface area contributed by atoms with Crippen LogP contribution in [0.25, 0.3) is 22.4 Å². The van der Waals surface area contributed by atoms with E-state index in [0.717, 1.165) is 46.5 Å². The van der Waals surface area contributed by atoms with Crippen LogP contribution in [-0.2, 0) is 11.2 Å². The van der Waals surface area contributed by atoms with E-state index in [4.69, 9.17) is 13.9 Å². The summed E-state index contributed by atoms with van der Waals surface area (Å²) in [5.74, 6) is 1.29. The van der Waals surface area contributed by atoms with Crippen LogP contribution < -0.4 is 9.47 Å². The fraction of sp³-hybridized carbons (Fsp3) is 0.280. The molecule has 4 aromatic rings. The van der Waals surface area contributed by atoms with Crippen LogP contribution in [0.15, 0.2) is 65.4 Å². The molecule has 1 unspecified atom stereocenters. The Bertz CT molecular complexity index is 1190. The van der Waals surface area contributed by atoms with Crippen molar-refractivity contribution in [1.82, 2.24) is 9.55 Å². The smallest absolute Gasteiger partial charge is 0.326 e. The van der Waals surface area contributed by atoms with E-state index in [-0.39, 0.29) is 0 Å². The van der Waals surface area contributed by atoms with Crippen molar-refractivity contribution in [1.29, 1.82) is 0 Å². The predicted octanol–water partition coefficient (Wildman–Crippen LogP) is 5.35. The zero-order chi connectivity index (χ0) is 22.5. The Morgan fingerprint density at radius 1 is 1.09 bits per heavy atom. The molecule has 0 fully saturated rings. The topological polar surface area (TPSA) is 86.7 Å². The summed E-state index contributed by atoms with van der Waals surface area (Å²) >= 11 is 0. The summed E-state index contributed by atoms with van der Waals surface area (Å²) in [6.45, 7) is 4.76. The van der Waals surface area contributed by atoms with Crippen molar-refractivity contribution in [3.63, 3.8) is 0 Å². The fourth-order valence-corrected chi connectivity index (χ4v) is 3.42. The van der Waals surface area contributed by atoms with Crippen LogP contribution in [0.1, 0.15) is 32.0 Å². The van der Waals surface area contributed by atoms with Gasteiger partial charge in [-0.2, -0.15) is 0 Å². The number of oxazole rings is 1. The van der Waals surface area contributed by atoms with E-state index in [1.807, 2.05) is 55.5 Å². The lowest BCUT2D eigenvalue weighted by molar-refractivity contribution is -0.140. The van der Waals surface area contributed by atoms with E-state index in [1.54, 1.807) is 24.0 Å². The minimum absolute atomic E-state index is 0.520. The van der Waals surface area contributed by atoms with Crippen molar-refractivity contribution < 1.29 is 23.8 Å². The Kier molecular flexibility index (Phi) is 6.44. The number of carbonyl (C=O) groups is 1. The van der Waals surface area contributed by atoms with Gasteiger partial charge < -0.3 is 23.6 Å². The van der Waals surface area contributed by atoms with Crippen molar-refractivity contribution in [3.8, 4) is 23.0 Å². The fourth-order valence-electron chi connectivity index (χ4n) is 3.42. The lowest BCUT2D eigenvalue weighted by Crippen LogP contribution is -2.14. The van der Waals surface area contributed by atoms with Gasteiger partial charge in [-0.3, -0.25) is 0 Å². The molecule has 0 aliphatic rings. The van der Waals surface area contributed by atoms with Gasteiger partial charge in [-0.25, -0.2) is 9.78 Å². The average Bonchev–Trinajstić information content (AvgIpc) is 3.45. The highest BCUT2D eigenvalue weighted by molar-refractivity contribution is 5.84. The minimum atomic E-state index is -0.860. The normalized spacial score (nSPS) is 12.1. The van der Waals surface area contributed by atoms with Crippen LogP contribution in [-0.4, -0.2) is 33.8 Å². The second-order valence-electron chi connectivity index (χ2n) is 7.53. The molecule has 166 valence electrons. The van der Waals surface area contributed by atoms with Gasteiger partial charge in [0.25, 0.3) is 0 Å². The predicted molar refractivity (Wildman–Crippen MR) is 121 cm³/mol. The standard InChI is InChI=1S/C25H26N2O5/c1-3-20-16-32-24(26-20)18-5-7-21(8-6-18)30-13-4-14-31-22-9-10-23-19(15-22)11-12-27(23)17(2)25(28)29/h5-12,15-17H,3-4,13-14H2,1-2H3,(H,28,29). The molecule has 0 aliphatic heterocycles. The second-order valence-corrected chi connectivity index (χ2v) is 7.53. The summed E-state index contributed by atoms with van der Waals surface area (Å²) in [6, 6.07) is 14.6. The Balaban J connectivity index is 1.25. The summed E-state index contributed by atoms with van der Waals surface area (Å²) in [5.41, 5.74) is 2.73. The number of carboxylic acids is 1. The number of hydrogen-bond donors (Lipinski definition) is 1. The molecule has 2 heterocycles.